The van der Waals surface area contributed by atoms with E-state index in [9.17, 15) is 9.90 Å². The molecule has 6 heteroatoms. The van der Waals surface area contributed by atoms with Gasteiger partial charge in [0, 0.05) is 50.1 Å². The van der Waals surface area contributed by atoms with E-state index in [0.717, 1.165) is 13.1 Å². The molecule has 0 radical (unpaired) electrons. The van der Waals surface area contributed by atoms with Gasteiger partial charge >= 0.3 is 0 Å². The first-order valence-corrected chi connectivity index (χ1v) is 8.69. The monoisotopic (exact) mass is 318 g/mol. The summed E-state index contributed by atoms with van der Waals surface area (Å²) in [6, 6.07) is 0.586. The molecule has 0 bridgehead atoms. The van der Waals surface area contributed by atoms with Gasteiger partial charge in [0.25, 0.3) is 5.91 Å². The second-order valence-corrected chi connectivity index (χ2v) is 6.71. The van der Waals surface area contributed by atoms with Crippen LogP contribution in [0.4, 0.5) is 0 Å². The molecule has 2 atom stereocenters. The number of aromatic nitrogens is 2. The first kappa shape index (κ1) is 16.3. The number of aliphatic hydroxyl groups excluding tert-OH is 1. The van der Waals surface area contributed by atoms with Crippen LogP contribution in [0.15, 0.2) is 18.6 Å². The van der Waals surface area contributed by atoms with Crippen molar-refractivity contribution in [2.45, 2.75) is 50.6 Å². The lowest BCUT2D eigenvalue weighted by molar-refractivity contribution is 0.0915. The lowest BCUT2D eigenvalue weighted by atomic mass is 10.1. The van der Waals surface area contributed by atoms with Gasteiger partial charge in [-0.1, -0.05) is 25.7 Å². The molecular weight excluding hydrogens is 292 g/mol. The Kier molecular flexibility index (Phi) is 5.56. The average molecular weight is 318 g/mol. The summed E-state index contributed by atoms with van der Waals surface area (Å²) in [5, 5.41) is 12.7. The summed E-state index contributed by atoms with van der Waals surface area (Å²) in [4.78, 5) is 22.7. The number of amides is 1. The van der Waals surface area contributed by atoms with E-state index in [1.807, 2.05) is 0 Å². The maximum atomic E-state index is 12.3. The Morgan fingerprint density at radius 3 is 2.65 bits per heavy atom. The molecule has 1 saturated heterocycles. The van der Waals surface area contributed by atoms with Gasteiger partial charge < -0.3 is 10.4 Å². The van der Waals surface area contributed by atoms with E-state index in [0.29, 0.717) is 11.7 Å². The van der Waals surface area contributed by atoms with Crippen LogP contribution < -0.4 is 5.32 Å². The van der Waals surface area contributed by atoms with Gasteiger partial charge in [-0.05, 0) is 12.8 Å². The fourth-order valence-electron chi connectivity index (χ4n) is 3.83. The highest BCUT2D eigenvalue weighted by atomic mass is 16.3. The summed E-state index contributed by atoms with van der Waals surface area (Å²) in [5.41, 5.74) is 0.331. The minimum absolute atomic E-state index is 0.0160. The third-order valence-corrected chi connectivity index (χ3v) is 5.16. The Morgan fingerprint density at radius 2 is 2.00 bits per heavy atom. The van der Waals surface area contributed by atoms with Crippen molar-refractivity contribution < 1.29 is 9.90 Å². The predicted molar refractivity (Wildman–Crippen MR) is 86.9 cm³/mol. The topological polar surface area (TPSA) is 78.4 Å². The van der Waals surface area contributed by atoms with Crippen LogP contribution in [0.1, 0.15) is 49.0 Å². The van der Waals surface area contributed by atoms with Crippen LogP contribution in [0, 0.1) is 5.92 Å². The van der Waals surface area contributed by atoms with Crippen LogP contribution in [-0.2, 0) is 0 Å². The molecule has 2 N–H and O–H groups in total. The molecule has 1 amide bonds. The highest BCUT2D eigenvalue weighted by Gasteiger charge is 2.36. The minimum atomic E-state index is -0.204. The van der Waals surface area contributed by atoms with Gasteiger partial charge in [0.15, 0.2) is 0 Å². The summed E-state index contributed by atoms with van der Waals surface area (Å²) in [7, 11) is 0. The summed E-state index contributed by atoms with van der Waals surface area (Å²) in [5.74, 6) is -0.108. The molecule has 1 aliphatic heterocycles. The van der Waals surface area contributed by atoms with Crippen LogP contribution in [-0.4, -0.2) is 57.7 Å². The third-order valence-electron chi connectivity index (χ3n) is 5.16. The van der Waals surface area contributed by atoms with Crippen LogP contribution in [0.2, 0.25) is 0 Å². The molecule has 3 rings (SSSR count). The van der Waals surface area contributed by atoms with Crippen molar-refractivity contribution in [2.24, 2.45) is 5.92 Å². The van der Waals surface area contributed by atoms with E-state index < -0.39 is 0 Å². The number of hydrogen-bond donors (Lipinski definition) is 2. The second kappa shape index (κ2) is 7.84. The molecule has 0 spiro atoms. The number of carbonyl (C=O) groups excluding carboxylic acids is 1. The first-order chi connectivity index (χ1) is 11.3. The fourth-order valence-corrected chi connectivity index (χ4v) is 3.83. The molecule has 126 valence electrons. The number of nitrogens with one attached hydrogen (secondary N) is 1. The van der Waals surface area contributed by atoms with E-state index in [1.54, 1.807) is 6.20 Å². The predicted octanol–water partition coefficient (Wildman–Crippen LogP) is 1.22. The Hall–Kier alpha value is -1.53. The lowest BCUT2D eigenvalue weighted by Gasteiger charge is -2.26. The molecule has 2 fully saturated rings. The number of hydrogen-bond acceptors (Lipinski definition) is 5. The molecule has 0 unspecified atom stereocenters. The van der Waals surface area contributed by atoms with Gasteiger partial charge in [0.1, 0.15) is 5.69 Å². The van der Waals surface area contributed by atoms with Crippen molar-refractivity contribution >= 4 is 5.91 Å². The maximum absolute atomic E-state index is 12.3. The van der Waals surface area contributed by atoms with Crippen LogP contribution >= 0.6 is 0 Å². The molecule has 1 aromatic rings. The van der Waals surface area contributed by atoms with Crippen molar-refractivity contribution in [1.29, 1.82) is 0 Å². The molecule has 1 aliphatic carbocycles. The zero-order chi connectivity index (χ0) is 16.1. The summed E-state index contributed by atoms with van der Waals surface area (Å²) >= 11 is 0. The Morgan fingerprint density at radius 1 is 1.22 bits per heavy atom. The van der Waals surface area contributed by atoms with Crippen LogP contribution in [0.3, 0.4) is 0 Å². The van der Waals surface area contributed by atoms with Gasteiger partial charge in [0.05, 0.1) is 6.20 Å². The maximum Gasteiger partial charge on any atom is 0.271 e. The van der Waals surface area contributed by atoms with E-state index in [4.69, 9.17) is 0 Å². The van der Waals surface area contributed by atoms with Gasteiger partial charge in [-0.15, -0.1) is 0 Å². The van der Waals surface area contributed by atoms with Crippen LogP contribution in [0.25, 0.3) is 0 Å². The normalized spacial score (nSPS) is 26.8. The van der Waals surface area contributed by atoms with Gasteiger partial charge in [-0.25, -0.2) is 4.98 Å². The van der Waals surface area contributed by atoms with E-state index in [2.05, 4.69) is 20.2 Å². The molecule has 1 aromatic heterocycles. The molecule has 23 heavy (non-hydrogen) atoms. The fraction of sp³-hybridized carbons (Fsp3) is 0.706. The molecular formula is C17H26N4O2. The van der Waals surface area contributed by atoms with Crippen LogP contribution in [0.5, 0.6) is 0 Å². The highest BCUT2D eigenvalue weighted by Crippen LogP contribution is 2.27. The summed E-state index contributed by atoms with van der Waals surface area (Å²) in [6.45, 7) is 1.79. The lowest BCUT2D eigenvalue weighted by Crippen LogP contribution is -2.42. The average Bonchev–Trinajstić information content (AvgIpc) is 2.81. The third kappa shape index (κ3) is 4.06. The number of carbonyl (C=O) groups is 1. The zero-order valence-electron chi connectivity index (χ0n) is 13.5. The molecule has 2 heterocycles. The number of likely N-dealkylation sites (tertiary alicyclic amines) is 1. The second-order valence-electron chi connectivity index (χ2n) is 6.71. The quantitative estimate of drug-likeness (QED) is 0.816. The van der Waals surface area contributed by atoms with Gasteiger partial charge in [-0.3, -0.25) is 14.7 Å². The minimum Gasteiger partial charge on any atom is -0.396 e. The molecule has 1 saturated carbocycles. The van der Waals surface area contributed by atoms with Crippen molar-refractivity contribution in [3.05, 3.63) is 24.3 Å². The summed E-state index contributed by atoms with van der Waals surface area (Å²) in [6.07, 6.45) is 12.3. The van der Waals surface area contributed by atoms with E-state index in [-0.39, 0.29) is 24.5 Å². The molecule has 2 aliphatic rings. The standard InChI is InChI=1S/C17H26N4O2/c22-12-13-10-21(14-5-3-1-2-4-6-14)11-16(13)20-17(23)15-9-18-7-8-19-15/h7-9,13-14,16,22H,1-6,10-12H2,(H,20,23)/t13-,16+/m0/s1. The largest absolute Gasteiger partial charge is 0.396 e. The van der Waals surface area contributed by atoms with Gasteiger partial charge in [-0.2, -0.15) is 0 Å². The number of aliphatic hydroxyl groups is 1. The van der Waals surface area contributed by atoms with Crippen molar-refractivity contribution in [2.75, 3.05) is 19.7 Å². The van der Waals surface area contributed by atoms with Crippen molar-refractivity contribution in [3.63, 3.8) is 0 Å². The van der Waals surface area contributed by atoms with Crippen molar-refractivity contribution in [3.8, 4) is 0 Å². The smallest absolute Gasteiger partial charge is 0.271 e. The Bertz CT molecular complexity index is 503. The molecule has 6 nitrogen and oxygen atoms in total. The Labute approximate surface area is 137 Å². The number of nitrogens with zero attached hydrogens (tertiary/aromatic N) is 3. The van der Waals surface area contributed by atoms with E-state index >= 15 is 0 Å². The van der Waals surface area contributed by atoms with Crippen molar-refractivity contribution in [1.82, 2.24) is 20.2 Å². The molecule has 0 aromatic carbocycles. The van der Waals surface area contributed by atoms with E-state index in [1.165, 1.54) is 50.9 Å². The highest BCUT2D eigenvalue weighted by molar-refractivity contribution is 5.92. The number of rotatable bonds is 4. The Balaban J connectivity index is 1.61. The zero-order valence-corrected chi connectivity index (χ0v) is 13.5. The SMILES string of the molecule is O=C(N[C@@H]1CN(C2CCCCCC2)C[C@H]1CO)c1cnccn1. The first-order valence-electron chi connectivity index (χ1n) is 8.69. The summed E-state index contributed by atoms with van der Waals surface area (Å²) < 4.78 is 0. The van der Waals surface area contributed by atoms with Gasteiger partial charge in [0.2, 0.25) is 0 Å².